The number of amides is 1. The molecule has 2 N–H and O–H groups in total. The quantitative estimate of drug-likeness (QED) is 0.872. The number of hydrogen-bond donors (Lipinski definition) is 1. The highest BCUT2D eigenvalue weighted by molar-refractivity contribution is 5.85. The van der Waals surface area contributed by atoms with Crippen LogP contribution in [0.2, 0.25) is 0 Å². The Hall–Kier alpha value is -1.06. The molecule has 0 heterocycles. The van der Waals surface area contributed by atoms with Crippen LogP contribution >= 0.6 is 12.4 Å². The predicted octanol–water partition coefficient (Wildman–Crippen LogP) is 2.76. The van der Waals surface area contributed by atoms with Gasteiger partial charge in [-0.15, -0.1) is 12.4 Å². The fraction of sp³-hybridized carbons (Fsp3) is 0.533. The normalized spacial score (nSPS) is 15.5. The van der Waals surface area contributed by atoms with Gasteiger partial charge in [-0.3, -0.25) is 4.79 Å². The molecule has 106 valence electrons. The summed E-state index contributed by atoms with van der Waals surface area (Å²) in [6, 6.07) is 9.66. The van der Waals surface area contributed by atoms with Crippen molar-refractivity contribution in [3.05, 3.63) is 35.9 Å². The summed E-state index contributed by atoms with van der Waals surface area (Å²) in [5.74, 6) is 0.919. The smallest absolute Gasteiger partial charge is 0.224 e. The Morgan fingerprint density at radius 1 is 1.37 bits per heavy atom. The molecule has 0 bridgehead atoms. The number of carbonyl (C=O) groups is 1. The van der Waals surface area contributed by atoms with E-state index < -0.39 is 0 Å². The lowest BCUT2D eigenvalue weighted by atomic mass is 10.0. The fourth-order valence-electron chi connectivity index (χ4n) is 2.15. The van der Waals surface area contributed by atoms with Crippen LogP contribution in [0, 0.1) is 5.92 Å². The zero-order chi connectivity index (χ0) is 13.0. The van der Waals surface area contributed by atoms with Crippen LogP contribution < -0.4 is 5.73 Å². The molecule has 0 aromatic heterocycles. The van der Waals surface area contributed by atoms with Crippen LogP contribution in [-0.4, -0.2) is 23.9 Å². The van der Waals surface area contributed by atoms with E-state index in [1.54, 1.807) is 0 Å². The molecule has 0 aliphatic heterocycles. The van der Waals surface area contributed by atoms with Gasteiger partial charge < -0.3 is 10.6 Å². The minimum atomic E-state index is -0.188. The van der Waals surface area contributed by atoms with Gasteiger partial charge in [0, 0.05) is 25.6 Å². The molecule has 0 saturated heterocycles. The average molecular weight is 283 g/mol. The van der Waals surface area contributed by atoms with E-state index in [9.17, 15) is 4.79 Å². The third kappa shape index (κ3) is 4.84. The topological polar surface area (TPSA) is 46.3 Å². The summed E-state index contributed by atoms with van der Waals surface area (Å²) in [4.78, 5) is 14.1. The summed E-state index contributed by atoms with van der Waals surface area (Å²) < 4.78 is 0. The van der Waals surface area contributed by atoms with Gasteiger partial charge in [0.2, 0.25) is 5.91 Å². The zero-order valence-corrected chi connectivity index (χ0v) is 12.2. The molecule has 1 amide bonds. The number of benzene rings is 1. The Morgan fingerprint density at radius 3 is 2.53 bits per heavy atom. The maximum Gasteiger partial charge on any atom is 0.224 e. The van der Waals surface area contributed by atoms with Gasteiger partial charge in [0.15, 0.2) is 0 Å². The highest BCUT2D eigenvalue weighted by Crippen LogP contribution is 2.30. The van der Waals surface area contributed by atoms with Crippen molar-refractivity contribution in [3.63, 3.8) is 0 Å². The van der Waals surface area contributed by atoms with E-state index in [-0.39, 0.29) is 24.4 Å². The van der Waals surface area contributed by atoms with Crippen molar-refractivity contribution in [2.45, 2.75) is 32.2 Å². The lowest BCUT2D eigenvalue weighted by Gasteiger charge is -2.22. The number of carbonyl (C=O) groups excluding carboxylic acids is 1. The standard InChI is InChI=1S/C15H22N2O.ClH/c1-2-17(11-12-8-9-12)15(18)10-14(16)13-6-4-3-5-7-13;/h3-7,12,14H,2,8-11,16H2,1H3;1H. The SMILES string of the molecule is CCN(CC1CC1)C(=O)CC(N)c1ccccc1.Cl. The molecule has 1 fully saturated rings. The van der Waals surface area contributed by atoms with Crippen molar-refractivity contribution >= 4 is 18.3 Å². The van der Waals surface area contributed by atoms with Crippen molar-refractivity contribution in [1.82, 2.24) is 4.90 Å². The van der Waals surface area contributed by atoms with Crippen LogP contribution in [0.15, 0.2) is 30.3 Å². The van der Waals surface area contributed by atoms with Crippen molar-refractivity contribution < 1.29 is 4.79 Å². The molecule has 4 heteroatoms. The van der Waals surface area contributed by atoms with Crippen LogP contribution in [-0.2, 0) is 4.79 Å². The van der Waals surface area contributed by atoms with E-state index in [1.807, 2.05) is 42.2 Å². The predicted molar refractivity (Wildman–Crippen MR) is 80.2 cm³/mol. The molecule has 1 aromatic rings. The number of rotatable bonds is 6. The fourth-order valence-corrected chi connectivity index (χ4v) is 2.15. The molecule has 1 unspecified atom stereocenters. The molecule has 3 nitrogen and oxygen atoms in total. The third-order valence-electron chi connectivity index (χ3n) is 3.53. The van der Waals surface area contributed by atoms with Gasteiger partial charge in [-0.2, -0.15) is 0 Å². The van der Waals surface area contributed by atoms with Gasteiger partial charge in [0.1, 0.15) is 0 Å². The molecule has 1 atom stereocenters. The first-order valence-corrected chi connectivity index (χ1v) is 6.79. The number of halogens is 1. The van der Waals surface area contributed by atoms with Crippen LogP contribution in [0.1, 0.15) is 37.8 Å². The lowest BCUT2D eigenvalue weighted by molar-refractivity contribution is -0.131. The molecular weight excluding hydrogens is 260 g/mol. The van der Waals surface area contributed by atoms with Gasteiger partial charge in [-0.05, 0) is 31.2 Å². The van der Waals surface area contributed by atoms with Crippen molar-refractivity contribution in [2.75, 3.05) is 13.1 Å². The van der Waals surface area contributed by atoms with E-state index in [4.69, 9.17) is 5.73 Å². The molecule has 1 aromatic carbocycles. The molecule has 19 heavy (non-hydrogen) atoms. The second-order valence-electron chi connectivity index (χ2n) is 5.10. The zero-order valence-electron chi connectivity index (χ0n) is 11.4. The van der Waals surface area contributed by atoms with E-state index in [1.165, 1.54) is 12.8 Å². The summed E-state index contributed by atoms with van der Waals surface area (Å²) in [5, 5.41) is 0. The third-order valence-corrected chi connectivity index (χ3v) is 3.53. The van der Waals surface area contributed by atoms with Crippen LogP contribution in [0.4, 0.5) is 0 Å². The number of hydrogen-bond acceptors (Lipinski definition) is 2. The van der Waals surface area contributed by atoms with Gasteiger partial charge in [-0.25, -0.2) is 0 Å². The molecule has 0 spiro atoms. The minimum absolute atomic E-state index is 0. The first-order valence-electron chi connectivity index (χ1n) is 6.79. The summed E-state index contributed by atoms with van der Waals surface area (Å²) >= 11 is 0. The maximum atomic E-state index is 12.2. The van der Waals surface area contributed by atoms with Crippen LogP contribution in [0.3, 0.4) is 0 Å². The Kier molecular flexibility index (Phi) is 6.32. The summed E-state index contributed by atoms with van der Waals surface area (Å²) in [5.41, 5.74) is 7.12. The Bertz CT molecular complexity index is 392. The van der Waals surface area contributed by atoms with Gasteiger partial charge in [0.05, 0.1) is 0 Å². The van der Waals surface area contributed by atoms with E-state index >= 15 is 0 Å². The maximum absolute atomic E-state index is 12.2. The highest BCUT2D eigenvalue weighted by atomic mass is 35.5. The van der Waals surface area contributed by atoms with Gasteiger partial charge in [0.25, 0.3) is 0 Å². The van der Waals surface area contributed by atoms with Crippen molar-refractivity contribution in [3.8, 4) is 0 Å². The first kappa shape index (κ1) is 16.0. The summed E-state index contributed by atoms with van der Waals surface area (Å²) in [6.45, 7) is 3.74. The summed E-state index contributed by atoms with van der Waals surface area (Å²) in [6.07, 6.45) is 2.95. The second-order valence-corrected chi connectivity index (χ2v) is 5.10. The lowest BCUT2D eigenvalue weighted by Crippen LogP contribution is -2.34. The van der Waals surface area contributed by atoms with E-state index in [0.29, 0.717) is 6.42 Å². The second kappa shape index (κ2) is 7.51. The molecule has 1 saturated carbocycles. The molecule has 0 radical (unpaired) electrons. The van der Waals surface area contributed by atoms with Gasteiger partial charge in [-0.1, -0.05) is 30.3 Å². The summed E-state index contributed by atoms with van der Waals surface area (Å²) in [7, 11) is 0. The molecule has 1 aliphatic rings. The van der Waals surface area contributed by atoms with Crippen LogP contribution in [0.5, 0.6) is 0 Å². The van der Waals surface area contributed by atoms with Crippen molar-refractivity contribution in [1.29, 1.82) is 0 Å². The van der Waals surface area contributed by atoms with Crippen LogP contribution in [0.25, 0.3) is 0 Å². The average Bonchev–Trinajstić information content (AvgIpc) is 3.20. The highest BCUT2D eigenvalue weighted by Gasteiger charge is 2.26. The number of nitrogens with two attached hydrogens (primary N) is 1. The molecule has 2 rings (SSSR count). The van der Waals surface area contributed by atoms with Gasteiger partial charge >= 0.3 is 0 Å². The molecular formula is C15H23ClN2O. The minimum Gasteiger partial charge on any atom is -0.343 e. The number of nitrogens with zero attached hydrogens (tertiary/aromatic N) is 1. The molecule has 1 aliphatic carbocycles. The monoisotopic (exact) mass is 282 g/mol. The Balaban J connectivity index is 0.00000180. The Labute approximate surface area is 121 Å². The Morgan fingerprint density at radius 2 is 2.00 bits per heavy atom. The largest absolute Gasteiger partial charge is 0.343 e. The van der Waals surface area contributed by atoms with Crippen molar-refractivity contribution in [2.24, 2.45) is 11.7 Å². The van der Waals surface area contributed by atoms with E-state index in [2.05, 4.69) is 0 Å². The first-order chi connectivity index (χ1) is 8.70. The van der Waals surface area contributed by atoms with E-state index in [0.717, 1.165) is 24.6 Å².